The van der Waals surface area contributed by atoms with Crippen molar-refractivity contribution < 1.29 is 14.3 Å². The van der Waals surface area contributed by atoms with E-state index in [4.69, 9.17) is 4.74 Å². The van der Waals surface area contributed by atoms with Gasteiger partial charge < -0.3 is 4.74 Å². The molecule has 22 heavy (non-hydrogen) atoms. The van der Waals surface area contributed by atoms with Gasteiger partial charge in [-0.25, -0.2) is 4.90 Å². The molecule has 0 N–H and O–H groups in total. The molecule has 0 spiro atoms. The predicted molar refractivity (Wildman–Crippen MR) is 89.2 cm³/mol. The molecule has 0 aromatic carbocycles. The number of carbonyl (C=O) groups is 2. The van der Waals surface area contributed by atoms with Crippen LogP contribution in [-0.2, 0) is 14.3 Å². The molecule has 1 aliphatic carbocycles. The van der Waals surface area contributed by atoms with E-state index in [1.165, 1.54) is 4.90 Å². The van der Waals surface area contributed by atoms with Gasteiger partial charge in [-0.15, -0.1) is 0 Å². The Kier molecular flexibility index (Phi) is 5.27. The minimum absolute atomic E-state index is 0.256. The van der Waals surface area contributed by atoms with Crippen molar-refractivity contribution in [3.63, 3.8) is 0 Å². The number of carbonyl (C=O) groups excluding carboxylic acids is 2. The van der Waals surface area contributed by atoms with Crippen LogP contribution in [0.3, 0.4) is 0 Å². The summed E-state index contributed by atoms with van der Waals surface area (Å²) >= 11 is 3.29. The summed E-state index contributed by atoms with van der Waals surface area (Å²) in [5, 5.41) is 0. The van der Waals surface area contributed by atoms with Crippen LogP contribution in [-0.4, -0.2) is 27.3 Å². The van der Waals surface area contributed by atoms with Gasteiger partial charge in [-0.2, -0.15) is 0 Å². The average Bonchev–Trinajstić information content (AvgIpc) is 2.72. The normalized spacial score (nSPS) is 25.6. The summed E-state index contributed by atoms with van der Waals surface area (Å²) in [6.45, 7) is 5.71. The van der Waals surface area contributed by atoms with Crippen molar-refractivity contribution in [2.75, 3.05) is 0 Å². The lowest BCUT2D eigenvalue weighted by Crippen LogP contribution is -2.60. The summed E-state index contributed by atoms with van der Waals surface area (Å²) in [7, 11) is 0. The summed E-state index contributed by atoms with van der Waals surface area (Å²) in [6, 6.07) is 0. The maximum atomic E-state index is 13.0. The van der Waals surface area contributed by atoms with Crippen molar-refractivity contribution >= 4 is 27.7 Å². The van der Waals surface area contributed by atoms with Gasteiger partial charge in [0.15, 0.2) is 5.72 Å². The number of amides is 2. The van der Waals surface area contributed by atoms with Crippen molar-refractivity contribution in [2.24, 2.45) is 0 Å². The highest BCUT2D eigenvalue weighted by Crippen LogP contribution is 2.38. The number of rotatable bonds is 4. The Morgan fingerprint density at radius 3 is 2.68 bits per heavy atom. The highest BCUT2D eigenvalue weighted by atomic mass is 79.9. The van der Waals surface area contributed by atoms with E-state index in [1.54, 1.807) is 13.0 Å². The van der Waals surface area contributed by atoms with Gasteiger partial charge in [0.2, 0.25) is 5.91 Å². The molecule has 2 atom stereocenters. The minimum atomic E-state index is -0.897. The van der Waals surface area contributed by atoms with Crippen LogP contribution in [0.1, 0.15) is 46.5 Å². The SMILES string of the molecule is CCCC1(CC)OC2=C(C=CCC=C2)C(=O)N1C(=O)C(C)Br. The van der Waals surface area contributed by atoms with Gasteiger partial charge in [-0.1, -0.05) is 48.4 Å². The lowest BCUT2D eigenvalue weighted by molar-refractivity contribution is -0.181. The molecule has 0 aromatic rings. The number of halogens is 1. The van der Waals surface area contributed by atoms with Crippen molar-refractivity contribution in [3.8, 4) is 0 Å². The second-order valence-electron chi connectivity index (χ2n) is 5.56. The Morgan fingerprint density at radius 1 is 1.41 bits per heavy atom. The van der Waals surface area contributed by atoms with Gasteiger partial charge >= 0.3 is 0 Å². The maximum absolute atomic E-state index is 13.0. The number of imide groups is 1. The third-order valence-corrected chi connectivity index (χ3v) is 4.38. The summed E-state index contributed by atoms with van der Waals surface area (Å²) in [4.78, 5) is 26.5. The van der Waals surface area contributed by atoms with Crippen LogP contribution in [0.2, 0.25) is 0 Å². The highest BCUT2D eigenvalue weighted by Gasteiger charge is 2.49. The van der Waals surface area contributed by atoms with E-state index < -0.39 is 10.6 Å². The zero-order chi connectivity index (χ0) is 16.3. The van der Waals surface area contributed by atoms with Crippen LogP contribution in [0.25, 0.3) is 0 Å². The molecule has 2 rings (SSSR count). The molecule has 4 nitrogen and oxygen atoms in total. The Labute approximate surface area is 140 Å². The van der Waals surface area contributed by atoms with E-state index in [2.05, 4.69) is 15.9 Å². The Bertz CT molecular complexity index is 562. The van der Waals surface area contributed by atoms with E-state index in [-0.39, 0.29) is 11.8 Å². The number of alkyl halides is 1. The molecule has 2 amide bonds. The van der Waals surface area contributed by atoms with Crippen molar-refractivity contribution in [1.82, 2.24) is 4.90 Å². The number of ether oxygens (including phenoxy) is 1. The van der Waals surface area contributed by atoms with Crippen molar-refractivity contribution in [3.05, 3.63) is 35.6 Å². The number of hydrogen-bond donors (Lipinski definition) is 0. The topological polar surface area (TPSA) is 46.6 Å². The van der Waals surface area contributed by atoms with Gasteiger partial charge in [0, 0.05) is 12.8 Å². The van der Waals surface area contributed by atoms with Crippen molar-refractivity contribution in [1.29, 1.82) is 0 Å². The first-order valence-corrected chi connectivity index (χ1v) is 8.67. The largest absolute Gasteiger partial charge is 0.467 e. The molecular weight excluding hydrogens is 346 g/mol. The zero-order valence-corrected chi connectivity index (χ0v) is 14.9. The zero-order valence-electron chi connectivity index (χ0n) is 13.3. The van der Waals surface area contributed by atoms with Crippen LogP contribution in [0.4, 0.5) is 0 Å². The maximum Gasteiger partial charge on any atom is 0.267 e. The molecule has 5 heteroatoms. The van der Waals surface area contributed by atoms with E-state index in [9.17, 15) is 9.59 Å². The van der Waals surface area contributed by atoms with E-state index >= 15 is 0 Å². The second-order valence-corrected chi connectivity index (χ2v) is 6.94. The standard InChI is InChI=1S/C17H22BrNO3/c1-4-11-17(5-2)19(15(20)12(3)18)16(21)13-9-7-6-8-10-14(13)22-17/h7-10,12H,4-6,11H2,1-3H3. The molecule has 1 aliphatic heterocycles. The van der Waals surface area contributed by atoms with Gasteiger partial charge in [0.05, 0.1) is 10.4 Å². The lowest BCUT2D eigenvalue weighted by atomic mass is 9.97. The molecule has 0 fully saturated rings. The summed E-state index contributed by atoms with van der Waals surface area (Å²) in [5.41, 5.74) is -0.442. The quantitative estimate of drug-likeness (QED) is 0.709. The Hall–Kier alpha value is -1.36. The number of hydrogen-bond acceptors (Lipinski definition) is 3. The van der Waals surface area contributed by atoms with E-state index in [1.807, 2.05) is 32.1 Å². The molecule has 2 unspecified atom stereocenters. The fourth-order valence-electron chi connectivity index (χ4n) is 2.87. The first-order valence-electron chi connectivity index (χ1n) is 7.75. The van der Waals surface area contributed by atoms with Crippen LogP contribution in [0.15, 0.2) is 35.6 Å². The van der Waals surface area contributed by atoms with Gasteiger partial charge in [0.25, 0.3) is 5.91 Å². The van der Waals surface area contributed by atoms with Gasteiger partial charge in [0.1, 0.15) is 5.76 Å². The van der Waals surface area contributed by atoms with Crippen molar-refractivity contribution in [2.45, 2.75) is 57.0 Å². The third-order valence-electron chi connectivity index (χ3n) is 3.99. The molecular formula is C17H22BrNO3. The summed E-state index contributed by atoms with van der Waals surface area (Å²) in [5.74, 6) is 0.0458. The highest BCUT2D eigenvalue weighted by molar-refractivity contribution is 9.10. The Balaban J connectivity index is 2.56. The van der Waals surface area contributed by atoms with Gasteiger partial charge in [-0.05, 0) is 25.5 Å². The number of allylic oxidation sites excluding steroid dienone is 3. The smallest absolute Gasteiger partial charge is 0.267 e. The average molecular weight is 368 g/mol. The molecule has 1 heterocycles. The fourth-order valence-corrected chi connectivity index (χ4v) is 3.08. The third kappa shape index (κ3) is 2.91. The number of nitrogens with zero attached hydrogens (tertiary/aromatic N) is 1. The Morgan fingerprint density at radius 2 is 2.09 bits per heavy atom. The molecule has 0 radical (unpaired) electrons. The minimum Gasteiger partial charge on any atom is -0.467 e. The molecule has 0 aromatic heterocycles. The van der Waals surface area contributed by atoms with Crippen LogP contribution >= 0.6 is 15.9 Å². The molecule has 120 valence electrons. The first-order chi connectivity index (χ1) is 10.5. The molecule has 0 saturated carbocycles. The molecule has 0 bridgehead atoms. The summed E-state index contributed by atoms with van der Waals surface area (Å²) in [6.07, 6.45) is 10.2. The predicted octanol–water partition coefficient (Wildman–Crippen LogP) is 3.83. The van der Waals surface area contributed by atoms with Crippen LogP contribution < -0.4 is 0 Å². The second kappa shape index (κ2) is 6.82. The van der Waals surface area contributed by atoms with Crippen LogP contribution in [0.5, 0.6) is 0 Å². The molecule has 0 saturated heterocycles. The van der Waals surface area contributed by atoms with E-state index in [0.29, 0.717) is 24.2 Å². The first kappa shape index (κ1) is 17.0. The lowest BCUT2D eigenvalue weighted by Gasteiger charge is -2.46. The fraction of sp³-hybridized carbons (Fsp3) is 0.529. The van der Waals surface area contributed by atoms with Crippen LogP contribution in [0, 0.1) is 0 Å². The van der Waals surface area contributed by atoms with E-state index in [0.717, 1.165) is 12.8 Å². The summed E-state index contributed by atoms with van der Waals surface area (Å²) < 4.78 is 6.21. The van der Waals surface area contributed by atoms with Gasteiger partial charge in [-0.3, -0.25) is 9.59 Å². The monoisotopic (exact) mass is 367 g/mol. The molecule has 2 aliphatic rings.